The Morgan fingerprint density at radius 1 is 1.62 bits per heavy atom. The number of carboxylic acids is 1. The number of aliphatic carboxylic acids is 1. The van der Waals surface area contributed by atoms with E-state index in [-0.39, 0.29) is 12.5 Å². The van der Waals surface area contributed by atoms with Crippen LogP contribution in [0, 0.1) is 0 Å². The summed E-state index contributed by atoms with van der Waals surface area (Å²) in [5, 5.41) is 10.9. The minimum absolute atomic E-state index is 0.257. The molecule has 1 unspecified atom stereocenters. The molecular weight excluding hydrogens is 214 g/mol. The summed E-state index contributed by atoms with van der Waals surface area (Å²) in [4.78, 5) is 21.6. The first-order valence-corrected chi connectivity index (χ1v) is 4.73. The number of carbonyl (C=O) groups is 2. The van der Waals surface area contributed by atoms with Crippen molar-refractivity contribution in [3.05, 3.63) is 24.2 Å². The highest BCUT2D eigenvalue weighted by Crippen LogP contribution is 1.99. The predicted molar refractivity (Wildman–Crippen MR) is 53.6 cm³/mol. The fourth-order valence-corrected chi connectivity index (χ4v) is 1.00. The van der Waals surface area contributed by atoms with Crippen molar-refractivity contribution >= 4 is 11.9 Å². The maximum atomic E-state index is 11.4. The average Bonchev–Trinajstić information content (AvgIpc) is 2.75. The molecule has 16 heavy (non-hydrogen) atoms. The van der Waals surface area contributed by atoms with E-state index in [4.69, 9.17) is 14.3 Å². The van der Waals surface area contributed by atoms with Gasteiger partial charge in [-0.2, -0.15) is 0 Å². The van der Waals surface area contributed by atoms with E-state index in [0.29, 0.717) is 5.76 Å². The van der Waals surface area contributed by atoms with Crippen molar-refractivity contribution in [2.45, 2.75) is 19.6 Å². The highest BCUT2D eigenvalue weighted by atomic mass is 16.5. The van der Waals surface area contributed by atoms with Crippen molar-refractivity contribution in [2.75, 3.05) is 6.61 Å². The normalized spacial score (nSPS) is 12.1. The maximum Gasteiger partial charge on any atom is 0.329 e. The van der Waals surface area contributed by atoms with E-state index in [1.165, 1.54) is 13.2 Å². The molecule has 1 aromatic rings. The summed E-state index contributed by atoms with van der Waals surface area (Å²) in [6.07, 6.45) is 0.706. The minimum Gasteiger partial charge on any atom is -0.480 e. The first-order chi connectivity index (χ1) is 7.59. The highest BCUT2D eigenvalue weighted by molar-refractivity contribution is 5.80. The Kier molecular flexibility index (Phi) is 4.53. The van der Waals surface area contributed by atoms with Gasteiger partial charge in [-0.1, -0.05) is 0 Å². The van der Waals surface area contributed by atoms with Gasteiger partial charge in [0.25, 0.3) is 0 Å². The predicted octanol–water partition coefficient (Wildman–Crippen LogP) is 0.385. The van der Waals surface area contributed by atoms with E-state index in [0.717, 1.165) is 0 Å². The molecule has 1 heterocycles. The van der Waals surface area contributed by atoms with Crippen molar-refractivity contribution in [3.8, 4) is 0 Å². The molecule has 0 aromatic carbocycles. The standard InChI is InChI=1S/C10H13NO5/c1-7(16-6-9(12)13)10(14)11-5-8-3-2-4-15-8/h2-4,7H,5-6H2,1H3,(H,11,14)(H,12,13). The lowest BCUT2D eigenvalue weighted by molar-refractivity contribution is -0.147. The van der Waals surface area contributed by atoms with Gasteiger partial charge >= 0.3 is 5.97 Å². The Balaban J connectivity index is 2.26. The Morgan fingerprint density at radius 2 is 2.38 bits per heavy atom. The van der Waals surface area contributed by atoms with E-state index < -0.39 is 18.7 Å². The van der Waals surface area contributed by atoms with Gasteiger partial charge in [0.1, 0.15) is 18.5 Å². The van der Waals surface area contributed by atoms with E-state index in [2.05, 4.69) is 5.32 Å². The summed E-state index contributed by atoms with van der Waals surface area (Å²) < 4.78 is 9.81. The zero-order valence-corrected chi connectivity index (χ0v) is 8.80. The lowest BCUT2D eigenvalue weighted by Crippen LogP contribution is -2.35. The van der Waals surface area contributed by atoms with Gasteiger partial charge in [-0.05, 0) is 19.1 Å². The first-order valence-electron chi connectivity index (χ1n) is 4.73. The Morgan fingerprint density at radius 3 is 2.94 bits per heavy atom. The molecule has 0 aliphatic rings. The Labute approximate surface area is 92.2 Å². The van der Waals surface area contributed by atoms with Crippen LogP contribution in [0.1, 0.15) is 12.7 Å². The Hall–Kier alpha value is -1.82. The van der Waals surface area contributed by atoms with Gasteiger partial charge in [0.15, 0.2) is 0 Å². The van der Waals surface area contributed by atoms with Crippen LogP contribution in [0.25, 0.3) is 0 Å². The van der Waals surface area contributed by atoms with Crippen LogP contribution in [0.4, 0.5) is 0 Å². The van der Waals surface area contributed by atoms with Crippen molar-refractivity contribution in [1.29, 1.82) is 0 Å². The molecule has 1 rings (SSSR count). The van der Waals surface area contributed by atoms with Gasteiger partial charge in [-0.25, -0.2) is 4.79 Å². The second kappa shape index (κ2) is 5.92. The molecule has 0 spiro atoms. The zero-order valence-electron chi connectivity index (χ0n) is 8.80. The third-order valence-electron chi connectivity index (χ3n) is 1.84. The summed E-state index contributed by atoms with van der Waals surface area (Å²) >= 11 is 0. The third kappa shape index (κ3) is 4.14. The van der Waals surface area contributed by atoms with Gasteiger partial charge in [0, 0.05) is 0 Å². The molecule has 6 nitrogen and oxygen atoms in total. The van der Waals surface area contributed by atoms with Crippen molar-refractivity contribution < 1.29 is 23.8 Å². The molecule has 1 atom stereocenters. The number of furan rings is 1. The largest absolute Gasteiger partial charge is 0.480 e. The minimum atomic E-state index is -1.11. The van der Waals surface area contributed by atoms with Gasteiger partial charge in [-0.3, -0.25) is 4.79 Å². The molecule has 0 fully saturated rings. The molecular formula is C10H13NO5. The molecule has 0 aliphatic carbocycles. The van der Waals surface area contributed by atoms with Gasteiger partial charge in [0.05, 0.1) is 12.8 Å². The van der Waals surface area contributed by atoms with Crippen LogP contribution in [0.5, 0.6) is 0 Å². The maximum absolute atomic E-state index is 11.4. The fraction of sp³-hybridized carbons (Fsp3) is 0.400. The van der Waals surface area contributed by atoms with Crippen LogP contribution in [0.15, 0.2) is 22.8 Å². The van der Waals surface area contributed by atoms with E-state index >= 15 is 0 Å². The molecule has 6 heteroatoms. The summed E-state index contributed by atoms with van der Waals surface area (Å²) in [6.45, 7) is 1.25. The first kappa shape index (κ1) is 12.3. The molecule has 1 amide bonds. The number of ether oxygens (including phenoxy) is 1. The number of hydrogen-bond acceptors (Lipinski definition) is 4. The van der Waals surface area contributed by atoms with Crippen LogP contribution >= 0.6 is 0 Å². The average molecular weight is 227 g/mol. The van der Waals surface area contributed by atoms with Crippen molar-refractivity contribution in [1.82, 2.24) is 5.32 Å². The SMILES string of the molecule is CC(OCC(=O)O)C(=O)NCc1ccco1. The van der Waals surface area contributed by atoms with Crippen LogP contribution in [0.3, 0.4) is 0 Å². The second-order valence-corrected chi connectivity index (χ2v) is 3.14. The van der Waals surface area contributed by atoms with E-state index in [9.17, 15) is 9.59 Å². The van der Waals surface area contributed by atoms with Crippen molar-refractivity contribution in [3.63, 3.8) is 0 Å². The van der Waals surface area contributed by atoms with Gasteiger partial charge in [0.2, 0.25) is 5.91 Å². The number of amides is 1. The van der Waals surface area contributed by atoms with E-state index in [1.54, 1.807) is 12.1 Å². The summed E-state index contributed by atoms with van der Waals surface area (Å²) in [5.74, 6) is -0.859. The molecule has 0 aliphatic heterocycles. The van der Waals surface area contributed by atoms with Crippen LogP contribution < -0.4 is 5.32 Å². The number of carboxylic acid groups (broad SMARTS) is 1. The molecule has 2 N–H and O–H groups in total. The summed E-state index contributed by atoms with van der Waals surface area (Å²) in [6, 6.07) is 3.44. The summed E-state index contributed by atoms with van der Waals surface area (Å²) in [5.41, 5.74) is 0. The number of carbonyl (C=O) groups excluding carboxylic acids is 1. The number of nitrogens with one attached hydrogen (secondary N) is 1. The Bertz CT molecular complexity index is 346. The molecule has 0 saturated heterocycles. The summed E-state index contributed by atoms with van der Waals surface area (Å²) in [7, 11) is 0. The second-order valence-electron chi connectivity index (χ2n) is 3.14. The lowest BCUT2D eigenvalue weighted by atomic mass is 10.3. The monoisotopic (exact) mass is 227 g/mol. The number of hydrogen-bond donors (Lipinski definition) is 2. The van der Waals surface area contributed by atoms with Crippen LogP contribution in [-0.2, 0) is 20.9 Å². The van der Waals surface area contributed by atoms with Gasteiger partial charge in [-0.15, -0.1) is 0 Å². The topological polar surface area (TPSA) is 88.8 Å². The molecule has 0 bridgehead atoms. The van der Waals surface area contributed by atoms with E-state index in [1.807, 2.05) is 0 Å². The fourth-order valence-electron chi connectivity index (χ4n) is 1.00. The molecule has 88 valence electrons. The van der Waals surface area contributed by atoms with Crippen LogP contribution in [0.2, 0.25) is 0 Å². The lowest BCUT2D eigenvalue weighted by Gasteiger charge is -2.10. The zero-order chi connectivity index (χ0) is 12.0. The van der Waals surface area contributed by atoms with Crippen LogP contribution in [-0.4, -0.2) is 29.7 Å². The molecule has 1 aromatic heterocycles. The highest BCUT2D eigenvalue weighted by Gasteiger charge is 2.14. The van der Waals surface area contributed by atoms with Gasteiger partial charge < -0.3 is 19.6 Å². The van der Waals surface area contributed by atoms with Crippen molar-refractivity contribution in [2.24, 2.45) is 0 Å². The molecule has 0 saturated carbocycles. The quantitative estimate of drug-likeness (QED) is 0.733. The smallest absolute Gasteiger partial charge is 0.329 e. The number of rotatable bonds is 6. The molecule has 0 radical (unpaired) electrons. The third-order valence-corrected chi connectivity index (χ3v) is 1.84.